The third-order valence-electron chi connectivity index (χ3n) is 3.01. The second-order valence-corrected chi connectivity index (χ2v) is 4.74. The first-order valence-electron chi connectivity index (χ1n) is 6.31. The van der Waals surface area contributed by atoms with Crippen LogP contribution in [0.2, 0.25) is 0 Å². The molecule has 0 amide bonds. The van der Waals surface area contributed by atoms with Crippen molar-refractivity contribution in [2.45, 2.75) is 19.8 Å². The fraction of sp³-hybridized carbons (Fsp3) is 0.333. The van der Waals surface area contributed by atoms with Gasteiger partial charge in [0.25, 0.3) is 0 Å². The number of Topliss-reactive ketones (excluding diaryl/α,β-unsaturated/α-hetero) is 1. The molecular formula is C15H17NO3. The Labute approximate surface area is 111 Å². The lowest BCUT2D eigenvalue weighted by Gasteiger charge is -2.12. The van der Waals surface area contributed by atoms with E-state index in [4.69, 9.17) is 4.42 Å². The SMILES string of the molecule is CCCC(=O)c1cc2ccc(N(C)C)cc2oc1=O. The van der Waals surface area contributed by atoms with Crippen molar-refractivity contribution in [1.82, 2.24) is 0 Å². The molecule has 1 heterocycles. The van der Waals surface area contributed by atoms with Gasteiger partial charge in [0, 0.05) is 37.7 Å². The van der Waals surface area contributed by atoms with E-state index in [9.17, 15) is 9.59 Å². The molecule has 1 aromatic heterocycles. The van der Waals surface area contributed by atoms with Crippen molar-refractivity contribution in [2.75, 3.05) is 19.0 Å². The van der Waals surface area contributed by atoms with Crippen LogP contribution >= 0.6 is 0 Å². The number of ketones is 1. The first-order chi connectivity index (χ1) is 9.02. The molecular weight excluding hydrogens is 242 g/mol. The first-order valence-corrected chi connectivity index (χ1v) is 6.31. The molecule has 1 aromatic carbocycles. The minimum atomic E-state index is -0.554. The lowest BCUT2D eigenvalue weighted by Crippen LogP contribution is -2.14. The Morgan fingerprint density at radius 2 is 2.00 bits per heavy atom. The molecule has 0 saturated carbocycles. The standard InChI is InChI=1S/C15H17NO3/c1-4-5-13(17)12-8-10-6-7-11(16(2)3)9-14(10)19-15(12)18/h6-9H,4-5H2,1-3H3. The number of carbonyl (C=O) groups is 1. The summed E-state index contributed by atoms with van der Waals surface area (Å²) in [6, 6.07) is 7.20. The van der Waals surface area contributed by atoms with Gasteiger partial charge in [-0.2, -0.15) is 0 Å². The van der Waals surface area contributed by atoms with Gasteiger partial charge in [-0.1, -0.05) is 6.92 Å². The van der Waals surface area contributed by atoms with Crippen molar-refractivity contribution in [1.29, 1.82) is 0 Å². The molecule has 19 heavy (non-hydrogen) atoms. The van der Waals surface area contributed by atoms with Gasteiger partial charge in [0.1, 0.15) is 11.1 Å². The lowest BCUT2D eigenvalue weighted by atomic mass is 10.1. The summed E-state index contributed by atoms with van der Waals surface area (Å²) in [7, 11) is 3.83. The van der Waals surface area contributed by atoms with Gasteiger partial charge in [0.15, 0.2) is 5.78 Å². The van der Waals surface area contributed by atoms with Gasteiger partial charge in [0.05, 0.1) is 0 Å². The van der Waals surface area contributed by atoms with Gasteiger partial charge in [-0.3, -0.25) is 4.79 Å². The summed E-state index contributed by atoms with van der Waals surface area (Å²) in [6.45, 7) is 1.91. The summed E-state index contributed by atoms with van der Waals surface area (Å²) in [5.74, 6) is -0.158. The second-order valence-electron chi connectivity index (χ2n) is 4.74. The van der Waals surface area contributed by atoms with Crippen LogP contribution < -0.4 is 10.5 Å². The van der Waals surface area contributed by atoms with Crippen LogP contribution in [0.25, 0.3) is 11.0 Å². The molecule has 0 aliphatic heterocycles. The Balaban J connectivity index is 2.55. The van der Waals surface area contributed by atoms with Crippen LogP contribution in [-0.2, 0) is 0 Å². The van der Waals surface area contributed by atoms with E-state index in [2.05, 4.69) is 0 Å². The monoisotopic (exact) mass is 259 g/mol. The van der Waals surface area contributed by atoms with Crippen molar-refractivity contribution >= 4 is 22.4 Å². The van der Waals surface area contributed by atoms with Crippen LogP contribution in [0, 0.1) is 0 Å². The topological polar surface area (TPSA) is 50.5 Å². The van der Waals surface area contributed by atoms with Gasteiger partial charge in [-0.15, -0.1) is 0 Å². The van der Waals surface area contributed by atoms with Crippen molar-refractivity contribution in [3.8, 4) is 0 Å². The average molecular weight is 259 g/mol. The minimum absolute atomic E-state index is 0.145. The second kappa shape index (κ2) is 5.26. The van der Waals surface area contributed by atoms with Gasteiger partial charge in [0.2, 0.25) is 0 Å². The summed E-state index contributed by atoms with van der Waals surface area (Å²) >= 11 is 0. The average Bonchev–Trinajstić information content (AvgIpc) is 2.37. The molecule has 100 valence electrons. The van der Waals surface area contributed by atoms with Crippen LogP contribution in [0.5, 0.6) is 0 Å². The minimum Gasteiger partial charge on any atom is -0.422 e. The fourth-order valence-corrected chi connectivity index (χ4v) is 1.93. The molecule has 0 bridgehead atoms. The van der Waals surface area contributed by atoms with Gasteiger partial charge < -0.3 is 9.32 Å². The van der Waals surface area contributed by atoms with Crippen LogP contribution in [0.1, 0.15) is 30.1 Å². The van der Waals surface area contributed by atoms with Crippen LogP contribution in [-0.4, -0.2) is 19.9 Å². The number of anilines is 1. The quantitative estimate of drug-likeness (QED) is 0.626. The van der Waals surface area contributed by atoms with E-state index < -0.39 is 5.63 Å². The zero-order valence-corrected chi connectivity index (χ0v) is 11.4. The summed E-state index contributed by atoms with van der Waals surface area (Å²) in [6.07, 6.45) is 1.09. The summed E-state index contributed by atoms with van der Waals surface area (Å²) in [5, 5.41) is 0.768. The van der Waals surface area contributed by atoms with Crippen molar-refractivity contribution in [3.63, 3.8) is 0 Å². The highest BCUT2D eigenvalue weighted by atomic mass is 16.4. The fourth-order valence-electron chi connectivity index (χ4n) is 1.93. The highest BCUT2D eigenvalue weighted by Crippen LogP contribution is 2.20. The third-order valence-corrected chi connectivity index (χ3v) is 3.01. The zero-order chi connectivity index (χ0) is 14.0. The number of carbonyl (C=O) groups excluding carboxylic acids is 1. The highest BCUT2D eigenvalue weighted by Gasteiger charge is 2.13. The molecule has 4 nitrogen and oxygen atoms in total. The van der Waals surface area contributed by atoms with Crippen LogP contribution in [0.4, 0.5) is 5.69 Å². The van der Waals surface area contributed by atoms with Crippen LogP contribution in [0.15, 0.2) is 33.5 Å². The first kappa shape index (κ1) is 13.3. The summed E-state index contributed by atoms with van der Waals surface area (Å²) < 4.78 is 5.25. The smallest absolute Gasteiger partial charge is 0.347 e. The molecule has 2 rings (SSSR count). The molecule has 0 fully saturated rings. The molecule has 0 spiro atoms. The van der Waals surface area contributed by atoms with E-state index in [-0.39, 0.29) is 11.3 Å². The Bertz CT molecular complexity index is 671. The van der Waals surface area contributed by atoms with Crippen molar-refractivity contribution in [3.05, 3.63) is 40.2 Å². The van der Waals surface area contributed by atoms with Gasteiger partial charge in [-0.25, -0.2) is 4.79 Å². The van der Waals surface area contributed by atoms with E-state index in [0.717, 1.165) is 17.5 Å². The maximum absolute atomic E-state index is 11.8. The molecule has 0 aliphatic rings. The molecule has 4 heteroatoms. The Hall–Kier alpha value is -2.10. The van der Waals surface area contributed by atoms with E-state index in [1.807, 2.05) is 38.1 Å². The molecule has 0 N–H and O–H groups in total. The van der Waals surface area contributed by atoms with E-state index in [1.165, 1.54) is 0 Å². The van der Waals surface area contributed by atoms with Crippen LogP contribution in [0.3, 0.4) is 0 Å². The maximum Gasteiger partial charge on any atom is 0.347 e. The lowest BCUT2D eigenvalue weighted by molar-refractivity contribution is 0.0978. The summed E-state index contributed by atoms with van der Waals surface area (Å²) in [5.41, 5.74) is 1.04. The molecule has 0 unspecified atom stereocenters. The van der Waals surface area contributed by atoms with E-state index in [0.29, 0.717) is 12.0 Å². The van der Waals surface area contributed by atoms with Gasteiger partial charge >= 0.3 is 5.63 Å². The number of benzene rings is 1. The zero-order valence-electron chi connectivity index (χ0n) is 11.4. The van der Waals surface area contributed by atoms with E-state index in [1.54, 1.807) is 12.1 Å². The Kier molecular flexibility index (Phi) is 3.69. The summed E-state index contributed by atoms with van der Waals surface area (Å²) in [4.78, 5) is 25.6. The third kappa shape index (κ3) is 2.67. The number of hydrogen-bond acceptors (Lipinski definition) is 4. The Morgan fingerprint density at radius 3 is 2.63 bits per heavy atom. The maximum atomic E-state index is 11.8. The molecule has 0 aliphatic carbocycles. The Morgan fingerprint density at radius 1 is 1.26 bits per heavy atom. The molecule has 0 atom stereocenters. The number of hydrogen-bond donors (Lipinski definition) is 0. The van der Waals surface area contributed by atoms with Crippen molar-refractivity contribution < 1.29 is 9.21 Å². The predicted octanol–water partition coefficient (Wildman–Crippen LogP) is 2.84. The largest absolute Gasteiger partial charge is 0.422 e. The van der Waals surface area contributed by atoms with E-state index >= 15 is 0 Å². The number of rotatable bonds is 4. The molecule has 0 radical (unpaired) electrons. The number of nitrogens with zero attached hydrogens (tertiary/aromatic N) is 1. The number of fused-ring (bicyclic) bond motifs is 1. The molecule has 2 aromatic rings. The molecule has 0 saturated heterocycles. The normalized spacial score (nSPS) is 10.7. The highest BCUT2D eigenvalue weighted by molar-refractivity contribution is 5.98. The van der Waals surface area contributed by atoms with Crippen molar-refractivity contribution in [2.24, 2.45) is 0 Å². The van der Waals surface area contributed by atoms with Gasteiger partial charge in [-0.05, 0) is 24.6 Å². The predicted molar refractivity (Wildman–Crippen MR) is 76.0 cm³/mol.